The van der Waals surface area contributed by atoms with Gasteiger partial charge < -0.3 is 19.2 Å². The predicted octanol–water partition coefficient (Wildman–Crippen LogP) is 1.51. The van der Waals surface area contributed by atoms with E-state index in [9.17, 15) is 5.11 Å². The van der Waals surface area contributed by atoms with Gasteiger partial charge >= 0.3 is 0 Å². The minimum atomic E-state index is -0.636. The quantitative estimate of drug-likeness (QED) is 0.867. The van der Waals surface area contributed by atoms with E-state index < -0.39 is 6.10 Å². The molecule has 0 aliphatic carbocycles. The van der Waals surface area contributed by atoms with E-state index >= 15 is 0 Å². The van der Waals surface area contributed by atoms with Crippen molar-refractivity contribution in [3.63, 3.8) is 0 Å². The standard InChI is InChI=1S/C12H20N2O3/c1-8(2)10(15)11-13-9(3)12(17-11)14-4-6-16-7-5-14/h8,10,15H,4-7H2,1-3H3. The second-order valence-corrected chi connectivity index (χ2v) is 4.73. The summed E-state index contributed by atoms with van der Waals surface area (Å²) in [7, 11) is 0. The van der Waals surface area contributed by atoms with Gasteiger partial charge in [-0.15, -0.1) is 0 Å². The van der Waals surface area contributed by atoms with Gasteiger partial charge in [0.2, 0.25) is 11.8 Å². The van der Waals surface area contributed by atoms with Crippen LogP contribution in [0, 0.1) is 12.8 Å². The van der Waals surface area contributed by atoms with Gasteiger partial charge in [-0.25, -0.2) is 4.98 Å². The third-order valence-corrected chi connectivity index (χ3v) is 2.97. The lowest BCUT2D eigenvalue weighted by molar-refractivity contribution is 0.0954. The second kappa shape index (κ2) is 5.06. The number of aliphatic hydroxyl groups is 1. The highest BCUT2D eigenvalue weighted by atomic mass is 16.5. The largest absolute Gasteiger partial charge is 0.422 e. The van der Waals surface area contributed by atoms with Gasteiger partial charge in [0.05, 0.1) is 13.2 Å². The van der Waals surface area contributed by atoms with E-state index in [0.717, 1.165) is 24.7 Å². The molecule has 1 unspecified atom stereocenters. The maximum atomic E-state index is 9.93. The molecule has 1 N–H and O–H groups in total. The van der Waals surface area contributed by atoms with Crippen LogP contribution in [0.3, 0.4) is 0 Å². The Balaban J connectivity index is 2.17. The Labute approximate surface area is 101 Å². The number of nitrogens with zero attached hydrogens (tertiary/aromatic N) is 2. The summed E-state index contributed by atoms with van der Waals surface area (Å²) in [5.41, 5.74) is 0.835. The van der Waals surface area contributed by atoms with E-state index in [4.69, 9.17) is 9.15 Å². The van der Waals surface area contributed by atoms with Gasteiger partial charge in [0.15, 0.2) is 0 Å². The van der Waals surface area contributed by atoms with Gasteiger partial charge in [0, 0.05) is 13.1 Å². The number of aryl methyl sites for hydroxylation is 1. The zero-order chi connectivity index (χ0) is 12.4. The van der Waals surface area contributed by atoms with Crippen LogP contribution in [0.5, 0.6) is 0 Å². The average Bonchev–Trinajstić information content (AvgIpc) is 2.71. The summed E-state index contributed by atoms with van der Waals surface area (Å²) in [6, 6.07) is 0. The minimum absolute atomic E-state index is 0.102. The summed E-state index contributed by atoms with van der Waals surface area (Å²) >= 11 is 0. The van der Waals surface area contributed by atoms with Crippen LogP contribution in [-0.2, 0) is 4.74 Å². The molecule has 5 heteroatoms. The van der Waals surface area contributed by atoms with Crippen molar-refractivity contribution in [2.24, 2.45) is 5.92 Å². The van der Waals surface area contributed by atoms with E-state index in [0.29, 0.717) is 19.1 Å². The third kappa shape index (κ3) is 2.61. The van der Waals surface area contributed by atoms with Crippen molar-refractivity contribution in [1.29, 1.82) is 0 Å². The lowest BCUT2D eigenvalue weighted by Crippen LogP contribution is -2.36. The van der Waals surface area contributed by atoms with E-state index in [1.165, 1.54) is 0 Å². The number of aliphatic hydroxyl groups excluding tert-OH is 1. The summed E-state index contributed by atoms with van der Waals surface area (Å²) in [5.74, 6) is 1.28. The van der Waals surface area contributed by atoms with Crippen LogP contribution >= 0.6 is 0 Å². The molecule has 1 atom stereocenters. The molecule has 0 spiro atoms. The molecule has 5 nitrogen and oxygen atoms in total. The Morgan fingerprint density at radius 2 is 1.94 bits per heavy atom. The van der Waals surface area contributed by atoms with Gasteiger partial charge in [-0.1, -0.05) is 13.8 Å². The van der Waals surface area contributed by atoms with Gasteiger partial charge in [0.25, 0.3) is 0 Å². The molecule has 0 saturated carbocycles. The molecule has 1 aliphatic rings. The van der Waals surface area contributed by atoms with Crippen molar-refractivity contribution in [2.45, 2.75) is 26.9 Å². The highest BCUT2D eigenvalue weighted by molar-refractivity contribution is 5.40. The molecule has 2 rings (SSSR count). The number of aromatic nitrogens is 1. The number of hydrogen-bond donors (Lipinski definition) is 1. The molecule has 0 bridgehead atoms. The monoisotopic (exact) mass is 240 g/mol. The van der Waals surface area contributed by atoms with Crippen molar-refractivity contribution in [3.05, 3.63) is 11.6 Å². The van der Waals surface area contributed by atoms with Crippen molar-refractivity contribution >= 4 is 5.88 Å². The normalized spacial score (nSPS) is 18.8. The molecule has 1 aromatic heterocycles. The Hall–Kier alpha value is -1.07. The van der Waals surface area contributed by atoms with Crippen LogP contribution in [0.25, 0.3) is 0 Å². The van der Waals surface area contributed by atoms with Crippen LogP contribution < -0.4 is 4.90 Å². The molecule has 2 heterocycles. The summed E-state index contributed by atoms with van der Waals surface area (Å²) in [6.07, 6.45) is -0.636. The van der Waals surface area contributed by atoms with Crippen molar-refractivity contribution in [1.82, 2.24) is 4.98 Å². The molecule has 1 fully saturated rings. The van der Waals surface area contributed by atoms with Crippen molar-refractivity contribution in [2.75, 3.05) is 31.2 Å². The van der Waals surface area contributed by atoms with Crippen molar-refractivity contribution in [3.8, 4) is 0 Å². The predicted molar refractivity (Wildman–Crippen MR) is 64.1 cm³/mol. The van der Waals surface area contributed by atoms with E-state index in [-0.39, 0.29) is 5.92 Å². The lowest BCUT2D eigenvalue weighted by Gasteiger charge is -2.26. The Morgan fingerprint density at radius 3 is 2.53 bits per heavy atom. The van der Waals surface area contributed by atoms with E-state index in [1.54, 1.807) is 0 Å². The molecule has 1 aromatic rings. The number of anilines is 1. The minimum Gasteiger partial charge on any atom is -0.422 e. The molecular formula is C12H20N2O3. The number of morpholine rings is 1. The van der Waals surface area contributed by atoms with Gasteiger partial charge in [-0.3, -0.25) is 0 Å². The topological polar surface area (TPSA) is 58.7 Å². The zero-order valence-corrected chi connectivity index (χ0v) is 10.6. The Morgan fingerprint density at radius 1 is 1.29 bits per heavy atom. The maximum absolute atomic E-state index is 9.93. The molecule has 0 radical (unpaired) electrons. The maximum Gasteiger partial charge on any atom is 0.226 e. The van der Waals surface area contributed by atoms with Crippen LogP contribution in [0.15, 0.2) is 4.42 Å². The number of oxazole rings is 1. The first kappa shape index (κ1) is 12.4. The Kier molecular flexibility index (Phi) is 3.69. The fraction of sp³-hybridized carbons (Fsp3) is 0.750. The van der Waals surface area contributed by atoms with Gasteiger partial charge in [-0.2, -0.15) is 0 Å². The van der Waals surface area contributed by atoms with Crippen LogP contribution in [-0.4, -0.2) is 36.4 Å². The smallest absolute Gasteiger partial charge is 0.226 e. The average molecular weight is 240 g/mol. The number of rotatable bonds is 3. The fourth-order valence-corrected chi connectivity index (χ4v) is 1.88. The van der Waals surface area contributed by atoms with E-state index in [1.807, 2.05) is 20.8 Å². The highest BCUT2D eigenvalue weighted by Gasteiger charge is 2.23. The lowest BCUT2D eigenvalue weighted by atomic mass is 10.1. The van der Waals surface area contributed by atoms with Crippen LogP contribution in [0.4, 0.5) is 5.88 Å². The Bertz CT molecular complexity index is 370. The highest BCUT2D eigenvalue weighted by Crippen LogP contribution is 2.28. The molecule has 17 heavy (non-hydrogen) atoms. The summed E-state index contributed by atoms with van der Waals surface area (Å²) < 4.78 is 11.0. The fourth-order valence-electron chi connectivity index (χ4n) is 1.88. The van der Waals surface area contributed by atoms with Crippen LogP contribution in [0.1, 0.15) is 31.5 Å². The molecule has 0 amide bonds. The zero-order valence-electron chi connectivity index (χ0n) is 10.6. The number of hydrogen-bond acceptors (Lipinski definition) is 5. The molecule has 0 aromatic carbocycles. The van der Waals surface area contributed by atoms with Crippen LogP contribution in [0.2, 0.25) is 0 Å². The first-order valence-corrected chi connectivity index (χ1v) is 6.07. The summed E-state index contributed by atoms with van der Waals surface area (Å²) in [5, 5.41) is 9.93. The molecular weight excluding hydrogens is 220 g/mol. The molecule has 1 saturated heterocycles. The number of ether oxygens (including phenoxy) is 1. The van der Waals surface area contributed by atoms with Crippen molar-refractivity contribution < 1.29 is 14.3 Å². The molecule has 1 aliphatic heterocycles. The summed E-state index contributed by atoms with van der Waals surface area (Å²) in [4.78, 5) is 6.42. The second-order valence-electron chi connectivity index (χ2n) is 4.73. The first-order valence-electron chi connectivity index (χ1n) is 6.07. The molecule has 96 valence electrons. The van der Waals surface area contributed by atoms with E-state index in [2.05, 4.69) is 9.88 Å². The third-order valence-electron chi connectivity index (χ3n) is 2.97. The first-order chi connectivity index (χ1) is 8.09. The summed E-state index contributed by atoms with van der Waals surface area (Å²) in [6.45, 7) is 8.84. The van der Waals surface area contributed by atoms with Gasteiger partial charge in [0.1, 0.15) is 11.8 Å². The van der Waals surface area contributed by atoms with Gasteiger partial charge in [-0.05, 0) is 12.8 Å². The SMILES string of the molecule is Cc1nc(C(O)C(C)C)oc1N1CCOCC1.